The number of nitrogens with zero attached hydrogens (tertiary/aromatic N) is 1. The molecule has 1 heterocycles. The standard InChI is InChI=1S/C30H35B4Cl2NO6S/c1-26(2,39)19-7-11-23-22(14-19)25(38)37(16-17-4-8-21(36)15-24(17)44(3,41)42)28(23,18-5-9-20(35)10-6-18)43-30(33,34)27(12-13-27)29(31,32)40/h4-11,14-15,39-40H,12-13,16,31-34H2,1-3H3/t28-/m1/s1. The molecule has 14 heteroatoms. The SMILES string of the molecule is BC(B)(O)C1(C(B)(B)O[C@]2(c3ccc(Cl)cc3)c3ccc(C(C)(C)O)cc3C(=O)N2Cc2ccc(Cl)cc2S(C)(=O)=O)CC1. The van der Waals surface area contributed by atoms with E-state index in [4.69, 9.17) is 27.9 Å². The molecule has 7 nitrogen and oxygen atoms in total. The number of halogens is 2. The van der Waals surface area contributed by atoms with Crippen molar-refractivity contribution in [3.63, 3.8) is 0 Å². The van der Waals surface area contributed by atoms with Crippen LogP contribution in [-0.2, 0) is 32.4 Å². The third-order valence-corrected chi connectivity index (χ3v) is 11.1. The number of benzene rings is 3. The Morgan fingerprint density at radius 1 is 0.932 bits per heavy atom. The summed E-state index contributed by atoms with van der Waals surface area (Å²) in [4.78, 5) is 16.2. The van der Waals surface area contributed by atoms with E-state index in [1.807, 2.05) is 15.7 Å². The number of sulfone groups is 1. The van der Waals surface area contributed by atoms with Crippen LogP contribution in [0.4, 0.5) is 0 Å². The van der Waals surface area contributed by atoms with Gasteiger partial charge in [0.15, 0.2) is 15.6 Å². The zero-order valence-corrected chi connectivity index (χ0v) is 28.4. The Morgan fingerprint density at radius 3 is 2.05 bits per heavy atom. The van der Waals surface area contributed by atoms with E-state index in [9.17, 15) is 23.4 Å². The van der Waals surface area contributed by atoms with Crippen LogP contribution in [0.25, 0.3) is 0 Å². The summed E-state index contributed by atoms with van der Waals surface area (Å²) >= 11 is 12.6. The van der Waals surface area contributed by atoms with E-state index in [0.717, 1.165) is 6.26 Å². The maximum Gasteiger partial charge on any atom is 0.257 e. The first-order valence-corrected chi connectivity index (χ1v) is 17.2. The van der Waals surface area contributed by atoms with Gasteiger partial charge in [0, 0.05) is 43.8 Å². The molecule has 1 amide bonds. The number of carbonyl (C=O) groups is 1. The summed E-state index contributed by atoms with van der Waals surface area (Å²) in [6, 6.07) is 16.8. The molecule has 0 saturated heterocycles. The largest absolute Gasteiger partial charge is 0.407 e. The van der Waals surface area contributed by atoms with Crippen LogP contribution in [0.1, 0.15) is 59.3 Å². The molecule has 1 fully saturated rings. The number of amides is 1. The Hall–Kier alpha value is -2.20. The summed E-state index contributed by atoms with van der Waals surface area (Å²) in [5.74, 6) is -0.403. The predicted octanol–water partition coefficient (Wildman–Crippen LogP) is 1.11. The van der Waals surface area contributed by atoms with Crippen molar-refractivity contribution in [3.05, 3.63) is 98.5 Å². The van der Waals surface area contributed by atoms with Crippen LogP contribution in [0.15, 0.2) is 65.6 Å². The van der Waals surface area contributed by atoms with Crippen LogP contribution in [0.2, 0.25) is 10.0 Å². The third kappa shape index (κ3) is 5.46. The maximum absolute atomic E-state index is 14.6. The lowest BCUT2D eigenvalue weighted by Gasteiger charge is -2.51. The first kappa shape index (κ1) is 33.2. The Balaban J connectivity index is 1.82. The molecule has 0 radical (unpaired) electrons. The van der Waals surface area contributed by atoms with Crippen LogP contribution in [0.3, 0.4) is 0 Å². The lowest BCUT2D eigenvalue weighted by atomic mass is 9.43. The molecule has 1 aliphatic carbocycles. The average molecular weight is 652 g/mol. The fourth-order valence-electron chi connectivity index (χ4n) is 6.89. The van der Waals surface area contributed by atoms with Crippen molar-refractivity contribution in [2.24, 2.45) is 5.41 Å². The van der Waals surface area contributed by atoms with E-state index in [1.165, 1.54) is 11.0 Å². The highest BCUT2D eigenvalue weighted by Gasteiger charge is 2.66. The minimum Gasteiger partial charge on any atom is -0.407 e. The van der Waals surface area contributed by atoms with Crippen LogP contribution < -0.4 is 0 Å². The van der Waals surface area contributed by atoms with E-state index in [-0.39, 0.29) is 16.5 Å². The predicted molar refractivity (Wildman–Crippen MR) is 183 cm³/mol. The number of carbonyl (C=O) groups excluding carboxylic acids is 1. The second-order valence-electron chi connectivity index (χ2n) is 13.6. The highest BCUT2D eigenvalue weighted by atomic mass is 35.5. The van der Waals surface area contributed by atoms with E-state index in [1.54, 1.807) is 84.1 Å². The minimum atomic E-state index is -3.73. The van der Waals surface area contributed by atoms with Crippen LogP contribution >= 0.6 is 23.2 Å². The minimum absolute atomic E-state index is 0.00496. The molecular formula is C30H35B4Cl2NO6S. The molecule has 228 valence electrons. The van der Waals surface area contributed by atoms with E-state index in [0.29, 0.717) is 45.7 Å². The first-order valence-electron chi connectivity index (χ1n) is 14.5. The second-order valence-corrected chi connectivity index (χ2v) is 16.5. The van der Waals surface area contributed by atoms with Crippen molar-refractivity contribution < 1.29 is 28.2 Å². The molecule has 3 aromatic carbocycles. The molecule has 5 rings (SSSR count). The molecule has 0 aromatic heterocycles. The number of aliphatic hydroxyl groups is 2. The average Bonchev–Trinajstić information content (AvgIpc) is 3.70. The third-order valence-electron chi connectivity index (χ3n) is 9.42. The van der Waals surface area contributed by atoms with Gasteiger partial charge in [0.05, 0.1) is 17.0 Å². The fourth-order valence-corrected chi connectivity index (χ4v) is 8.20. The van der Waals surface area contributed by atoms with E-state index in [2.05, 4.69) is 0 Å². The van der Waals surface area contributed by atoms with Gasteiger partial charge in [-0.2, -0.15) is 0 Å². The van der Waals surface area contributed by atoms with Gasteiger partial charge in [-0.25, -0.2) is 8.42 Å². The summed E-state index contributed by atoms with van der Waals surface area (Å²) in [5, 5.41) is 20.9. The summed E-state index contributed by atoms with van der Waals surface area (Å²) in [6.07, 6.45) is 2.53. The van der Waals surface area contributed by atoms with Crippen LogP contribution in [0, 0.1) is 5.41 Å². The van der Waals surface area contributed by atoms with Gasteiger partial charge in [-0.1, -0.05) is 53.5 Å². The summed E-state index contributed by atoms with van der Waals surface area (Å²) in [7, 11) is 3.66. The van der Waals surface area contributed by atoms with Gasteiger partial charge in [0.25, 0.3) is 5.91 Å². The topological polar surface area (TPSA) is 104 Å². The molecule has 2 N–H and O–H groups in total. The van der Waals surface area contributed by atoms with Crippen molar-refractivity contribution in [2.45, 2.75) is 60.3 Å². The van der Waals surface area contributed by atoms with Crippen LogP contribution in [-0.4, -0.2) is 77.9 Å². The lowest BCUT2D eigenvalue weighted by molar-refractivity contribution is -0.168. The lowest BCUT2D eigenvalue weighted by Crippen LogP contribution is -2.62. The van der Waals surface area contributed by atoms with Crippen LogP contribution in [0.5, 0.6) is 0 Å². The molecule has 1 saturated carbocycles. The Labute approximate surface area is 272 Å². The molecule has 0 bridgehead atoms. The Bertz CT molecular complexity index is 1750. The zero-order valence-electron chi connectivity index (χ0n) is 26.0. The van der Waals surface area contributed by atoms with Crippen molar-refractivity contribution >= 4 is 70.3 Å². The summed E-state index contributed by atoms with van der Waals surface area (Å²) < 4.78 is 33.1. The number of fused-ring (bicyclic) bond motifs is 1. The Kier molecular flexibility index (Phi) is 8.05. The van der Waals surface area contributed by atoms with Crippen molar-refractivity contribution in [2.75, 3.05) is 6.26 Å². The number of hydrogen-bond donors (Lipinski definition) is 2. The number of ether oxygens (including phenoxy) is 1. The highest BCUT2D eigenvalue weighted by Crippen LogP contribution is 2.61. The highest BCUT2D eigenvalue weighted by molar-refractivity contribution is 7.90. The van der Waals surface area contributed by atoms with Crippen molar-refractivity contribution in [3.8, 4) is 0 Å². The second kappa shape index (κ2) is 10.7. The molecule has 2 aliphatic rings. The van der Waals surface area contributed by atoms with Gasteiger partial charge in [-0.3, -0.25) is 9.69 Å². The molecule has 1 atom stereocenters. The van der Waals surface area contributed by atoms with Gasteiger partial charge in [-0.15, -0.1) is 0 Å². The first-order chi connectivity index (χ1) is 20.1. The molecule has 3 aromatic rings. The normalized spacial score (nSPS) is 20.1. The van der Waals surface area contributed by atoms with Gasteiger partial charge in [0.1, 0.15) is 31.4 Å². The Morgan fingerprint density at radius 2 is 1.52 bits per heavy atom. The quantitative estimate of drug-likeness (QED) is 0.336. The molecule has 0 unspecified atom stereocenters. The maximum atomic E-state index is 14.6. The molecule has 44 heavy (non-hydrogen) atoms. The van der Waals surface area contributed by atoms with Crippen molar-refractivity contribution in [1.82, 2.24) is 4.90 Å². The molecular weight excluding hydrogens is 617 g/mol. The van der Waals surface area contributed by atoms with E-state index < -0.39 is 43.3 Å². The zero-order chi connectivity index (χ0) is 32.7. The van der Waals surface area contributed by atoms with Gasteiger partial charge >= 0.3 is 0 Å². The molecule has 0 spiro atoms. The van der Waals surface area contributed by atoms with Crippen molar-refractivity contribution in [1.29, 1.82) is 0 Å². The van der Waals surface area contributed by atoms with E-state index >= 15 is 0 Å². The van der Waals surface area contributed by atoms with Gasteiger partial charge in [0.2, 0.25) is 0 Å². The smallest absolute Gasteiger partial charge is 0.257 e. The summed E-state index contributed by atoms with van der Waals surface area (Å²) in [5.41, 5.74) is -1.07. The van der Waals surface area contributed by atoms with Gasteiger partial charge < -0.3 is 14.9 Å². The monoisotopic (exact) mass is 651 g/mol. The molecule has 1 aliphatic heterocycles. The van der Waals surface area contributed by atoms with Gasteiger partial charge in [-0.05, 0) is 73.6 Å². The number of hydrogen-bond acceptors (Lipinski definition) is 6. The summed E-state index contributed by atoms with van der Waals surface area (Å²) in [6.45, 7) is 3.15. The fraction of sp³-hybridized carbons (Fsp3) is 0.367. The number of rotatable bonds is 9.